The predicted octanol–water partition coefficient (Wildman–Crippen LogP) is 4.13. The van der Waals surface area contributed by atoms with Crippen LogP contribution in [0.2, 0.25) is 0 Å². The number of methoxy groups -OCH3 is 1. The van der Waals surface area contributed by atoms with Crippen molar-refractivity contribution in [1.29, 1.82) is 0 Å². The van der Waals surface area contributed by atoms with E-state index in [2.05, 4.69) is 17.1 Å². The SMILES string of the molecule is COc1cccnc1CCC(O)COc1ccc(-c2ccccc2)cc1. The van der Waals surface area contributed by atoms with Crippen molar-refractivity contribution >= 4 is 0 Å². The minimum Gasteiger partial charge on any atom is -0.495 e. The number of benzene rings is 2. The van der Waals surface area contributed by atoms with Crippen molar-refractivity contribution < 1.29 is 14.6 Å². The zero-order chi connectivity index (χ0) is 18.2. The maximum atomic E-state index is 10.2. The largest absolute Gasteiger partial charge is 0.495 e. The van der Waals surface area contributed by atoms with Crippen molar-refractivity contribution in [2.75, 3.05) is 13.7 Å². The molecule has 3 rings (SSSR count). The average molecular weight is 349 g/mol. The molecule has 4 nitrogen and oxygen atoms in total. The first-order chi connectivity index (χ1) is 12.8. The summed E-state index contributed by atoms with van der Waals surface area (Å²) < 4.78 is 11.0. The van der Waals surface area contributed by atoms with Crippen molar-refractivity contribution in [1.82, 2.24) is 4.98 Å². The van der Waals surface area contributed by atoms with E-state index in [-0.39, 0.29) is 6.61 Å². The fourth-order valence-electron chi connectivity index (χ4n) is 2.75. The molecule has 0 amide bonds. The summed E-state index contributed by atoms with van der Waals surface area (Å²) in [6, 6.07) is 21.8. The third-order valence-corrected chi connectivity index (χ3v) is 4.19. The fraction of sp³-hybridized carbons (Fsp3) is 0.227. The molecule has 0 spiro atoms. The Bertz CT molecular complexity index is 803. The Kier molecular flexibility index (Phi) is 6.23. The number of nitrogens with zero attached hydrogens (tertiary/aromatic N) is 1. The quantitative estimate of drug-likeness (QED) is 0.664. The van der Waals surface area contributed by atoms with Crippen molar-refractivity contribution in [2.45, 2.75) is 18.9 Å². The highest BCUT2D eigenvalue weighted by Crippen LogP contribution is 2.22. The van der Waals surface area contributed by atoms with Gasteiger partial charge >= 0.3 is 0 Å². The van der Waals surface area contributed by atoms with Gasteiger partial charge in [0.25, 0.3) is 0 Å². The number of pyridine rings is 1. The lowest BCUT2D eigenvalue weighted by molar-refractivity contribution is 0.0998. The lowest BCUT2D eigenvalue weighted by atomic mass is 10.1. The molecule has 3 aromatic rings. The number of aliphatic hydroxyl groups is 1. The third-order valence-electron chi connectivity index (χ3n) is 4.19. The van der Waals surface area contributed by atoms with Crippen LogP contribution in [0.25, 0.3) is 11.1 Å². The summed E-state index contributed by atoms with van der Waals surface area (Å²) in [5.41, 5.74) is 3.16. The van der Waals surface area contributed by atoms with Gasteiger partial charge in [-0.05, 0) is 48.2 Å². The van der Waals surface area contributed by atoms with E-state index in [0.29, 0.717) is 12.8 Å². The Morgan fingerprint density at radius 1 is 0.923 bits per heavy atom. The lowest BCUT2D eigenvalue weighted by Gasteiger charge is -2.13. The smallest absolute Gasteiger partial charge is 0.140 e. The molecule has 2 aromatic carbocycles. The van der Waals surface area contributed by atoms with Crippen molar-refractivity contribution in [2.24, 2.45) is 0 Å². The van der Waals surface area contributed by atoms with Gasteiger partial charge in [0.15, 0.2) is 0 Å². The molecule has 1 atom stereocenters. The molecule has 0 saturated heterocycles. The lowest BCUT2D eigenvalue weighted by Crippen LogP contribution is -2.18. The van der Waals surface area contributed by atoms with Gasteiger partial charge in [0, 0.05) is 6.20 Å². The second-order valence-electron chi connectivity index (χ2n) is 6.05. The van der Waals surface area contributed by atoms with Gasteiger partial charge in [-0.15, -0.1) is 0 Å². The fourth-order valence-corrected chi connectivity index (χ4v) is 2.75. The van der Waals surface area contributed by atoms with E-state index in [1.165, 1.54) is 5.56 Å². The van der Waals surface area contributed by atoms with Crippen LogP contribution in [0, 0.1) is 0 Å². The number of aryl methyl sites for hydroxylation is 1. The second-order valence-corrected chi connectivity index (χ2v) is 6.05. The van der Waals surface area contributed by atoms with Gasteiger partial charge < -0.3 is 14.6 Å². The van der Waals surface area contributed by atoms with Crippen molar-refractivity contribution in [3.63, 3.8) is 0 Å². The Labute approximate surface area is 154 Å². The average Bonchev–Trinajstić information content (AvgIpc) is 2.72. The minimum atomic E-state index is -0.560. The molecule has 1 aromatic heterocycles. The zero-order valence-electron chi connectivity index (χ0n) is 14.8. The van der Waals surface area contributed by atoms with E-state index >= 15 is 0 Å². The number of aromatic nitrogens is 1. The van der Waals surface area contributed by atoms with Crippen LogP contribution in [0.3, 0.4) is 0 Å². The van der Waals surface area contributed by atoms with Crippen LogP contribution < -0.4 is 9.47 Å². The maximum absolute atomic E-state index is 10.2. The molecule has 0 aliphatic heterocycles. The monoisotopic (exact) mass is 349 g/mol. The van der Waals surface area contributed by atoms with Gasteiger partial charge in [0.2, 0.25) is 0 Å². The Balaban J connectivity index is 1.49. The minimum absolute atomic E-state index is 0.250. The van der Waals surface area contributed by atoms with Gasteiger partial charge in [-0.1, -0.05) is 42.5 Å². The number of hydrogen-bond donors (Lipinski definition) is 1. The summed E-state index contributed by atoms with van der Waals surface area (Å²) in [4.78, 5) is 4.30. The highest BCUT2D eigenvalue weighted by atomic mass is 16.5. The predicted molar refractivity (Wildman–Crippen MR) is 102 cm³/mol. The maximum Gasteiger partial charge on any atom is 0.140 e. The van der Waals surface area contributed by atoms with Gasteiger partial charge in [0.1, 0.15) is 18.1 Å². The Morgan fingerprint density at radius 3 is 2.38 bits per heavy atom. The van der Waals surface area contributed by atoms with E-state index in [1.807, 2.05) is 54.6 Å². The number of rotatable bonds is 8. The molecule has 1 heterocycles. The third kappa shape index (κ3) is 4.83. The van der Waals surface area contributed by atoms with Crippen LogP contribution in [0.4, 0.5) is 0 Å². The molecule has 0 bridgehead atoms. The Hall–Kier alpha value is -2.85. The summed E-state index contributed by atoms with van der Waals surface area (Å²) in [5, 5.41) is 10.2. The van der Waals surface area contributed by atoms with Crippen LogP contribution in [-0.2, 0) is 6.42 Å². The molecule has 0 saturated carbocycles. The molecule has 0 aliphatic carbocycles. The normalized spacial score (nSPS) is 11.8. The van der Waals surface area contributed by atoms with Crippen molar-refractivity contribution in [3.05, 3.63) is 78.6 Å². The molecular formula is C22H23NO3. The second kappa shape index (κ2) is 9.02. The first kappa shape index (κ1) is 18.0. The van der Waals surface area contributed by atoms with E-state index in [1.54, 1.807) is 13.3 Å². The molecule has 4 heteroatoms. The van der Waals surface area contributed by atoms with Crippen LogP contribution in [0.1, 0.15) is 12.1 Å². The van der Waals surface area contributed by atoms with Gasteiger partial charge in [0.05, 0.1) is 18.9 Å². The van der Waals surface area contributed by atoms with Crippen LogP contribution in [0.5, 0.6) is 11.5 Å². The van der Waals surface area contributed by atoms with Crippen LogP contribution >= 0.6 is 0 Å². The van der Waals surface area contributed by atoms with E-state index in [9.17, 15) is 5.11 Å². The molecular weight excluding hydrogens is 326 g/mol. The topological polar surface area (TPSA) is 51.6 Å². The first-order valence-corrected chi connectivity index (χ1v) is 8.70. The van der Waals surface area contributed by atoms with Gasteiger partial charge in [-0.2, -0.15) is 0 Å². The summed E-state index contributed by atoms with van der Waals surface area (Å²) in [5.74, 6) is 1.50. The number of ether oxygens (including phenoxy) is 2. The van der Waals surface area contributed by atoms with Crippen molar-refractivity contribution in [3.8, 4) is 22.6 Å². The Morgan fingerprint density at radius 2 is 1.65 bits per heavy atom. The highest BCUT2D eigenvalue weighted by Gasteiger charge is 2.10. The van der Waals surface area contributed by atoms with Crippen LogP contribution in [0.15, 0.2) is 72.9 Å². The molecule has 0 radical (unpaired) electrons. The van der Waals surface area contributed by atoms with Gasteiger partial charge in [-0.3, -0.25) is 4.98 Å². The van der Waals surface area contributed by atoms with E-state index in [4.69, 9.17) is 9.47 Å². The van der Waals surface area contributed by atoms with E-state index in [0.717, 1.165) is 22.8 Å². The highest BCUT2D eigenvalue weighted by molar-refractivity contribution is 5.63. The summed E-state index contributed by atoms with van der Waals surface area (Å²) in [6.07, 6.45) is 2.38. The number of aliphatic hydroxyl groups excluding tert-OH is 1. The molecule has 1 N–H and O–H groups in total. The van der Waals surface area contributed by atoms with Gasteiger partial charge in [-0.25, -0.2) is 0 Å². The standard InChI is InChI=1S/C22H23NO3/c1-25-22-8-5-15-23-21(22)14-11-19(24)16-26-20-12-9-18(10-13-20)17-6-3-2-4-7-17/h2-10,12-13,15,19,24H,11,14,16H2,1H3. The summed E-state index contributed by atoms with van der Waals surface area (Å²) in [7, 11) is 1.62. The number of hydrogen-bond acceptors (Lipinski definition) is 4. The molecule has 134 valence electrons. The van der Waals surface area contributed by atoms with Crippen LogP contribution in [-0.4, -0.2) is 29.9 Å². The molecule has 26 heavy (non-hydrogen) atoms. The molecule has 0 fully saturated rings. The zero-order valence-corrected chi connectivity index (χ0v) is 14.8. The summed E-state index contributed by atoms with van der Waals surface area (Å²) in [6.45, 7) is 0.250. The molecule has 1 unspecified atom stereocenters. The summed E-state index contributed by atoms with van der Waals surface area (Å²) >= 11 is 0. The first-order valence-electron chi connectivity index (χ1n) is 8.70. The van der Waals surface area contributed by atoms with E-state index < -0.39 is 6.10 Å². The molecule has 0 aliphatic rings.